The monoisotopic (exact) mass is 294 g/mol. The molecule has 0 saturated heterocycles. The summed E-state index contributed by atoms with van der Waals surface area (Å²) in [7, 11) is 0. The molecular weight excluding hydrogens is 281 g/mol. The molecule has 0 radical (unpaired) electrons. The molecule has 0 aliphatic carbocycles. The van der Waals surface area contributed by atoms with Gasteiger partial charge in [-0.2, -0.15) is 13.2 Å². The number of nitrogens with zero attached hydrogens (tertiary/aromatic N) is 1. The van der Waals surface area contributed by atoms with Gasteiger partial charge in [0.1, 0.15) is 0 Å². The normalized spacial score (nSPS) is 11.3. The highest BCUT2D eigenvalue weighted by molar-refractivity contribution is 6.05. The predicted molar refractivity (Wildman–Crippen MR) is 73.6 cm³/mol. The van der Waals surface area contributed by atoms with Gasteiger partial charge in [0.05, 0.1) is 11.3 Å². The fraction of sp³-hybridized carbons (Fsp3) is 0.133. The first-order valence-corrected chi connectivity index (χ1v) is 6.12. The number of nitrogens with two attached hydrogens (primary N) is 1. The third kappa shape index (κ3) is 3.41. The molecule has 3 nitrogen and oxygen atoms in total. The minimum absolute atomic E-state index is 0.0173. The highest BCUT2D eigenvalue weighted by Crippen LogP contribution is 2.31. The molecule has 0 aliphatic heterocycles. The average molecular weight is 294 g/mol. The molecule has 2 rings (SSSR count). The summed E-state index contributed by atoms with van der Waals surface area (Å²) in [6.45, 7) is 1.81. The number of aryl methyl sites for hydroxylation is 1. The maximum Gasteiger partial charge on any atom is 0.416 e. The number of hydrogen-bond donors (Lipinski definition) is 1. The molecule has 2 aromatic carbocycles. The van der Waals surface area contributed by atoms with Crippen molar-refractivity contribution >= 4 is 11.6 Å². The van der Waals surface area contributed by atoms with Crippen molar-refractivity contribution in [1.29, 1.82) is 0 Å². The minimum Gasteiger partial charge on any atom is -0.267 e. The largest absolute Gasteiger partial charge is 0.416 e. The average Bonchev–Trinajstić information content (AvgIpc) is 2.45. The number of rotatable bonds is 2. The van der Waals surface area contributed by atoms with Gasteiger partial charge in [0.15, 0.2) is 0 Å². The molecule has 2 aromatic rings. The summed E-state index contributed by atoms with van der Waals surface area (Å²) in [6, 6.07) is 11.0. The van der Waals surface area contributed by atoms with Crippen LogP contribution in [0, 0.1) is 6.92 Å². The lowest BCUT2D eigenvalue weighted by Gasteiger charge is -2.18. The summed E-state index contributed by atoms with van der Waals surface area (Å²) in [4.78, 5) is 12.2. The SMILES string of the molecule is Cc1cccc(C(=O)N(N)c2cccc(C(F)(F)F)c2)c1. The lowest BCUT2D eigenvalue weighted by molar-refractivity contribution is -0.137. The molecule has 0 fully saturated rings. The van der Waals surface area contributed by atoms with Crippen LogP contribution >= 0.6 is 0 Å². The van der Waals surface area contributed by atoms with E-state index < -0.39 is 17.6 Å². The summed E-state index contributed by atoms with van der Waals surface area (Å²) in [5.74, 6) is 5.08. The van der Waals surface area contributed by atoms with Gasteiger partial charge in [0.25, 0.3) is 5.91 Å². The molecule has 0 unspecified atom stereocenters. The standard InChI is InChI=1S/C15H13F3N2O/c1-10-4-2-5-11(8-10)14(21)20(19)13-7-3-6-12(9-13)15(16,17)18/h2-9H,19H2,1H3. The second kappa shape index (κ2) is 5.57. The quantitative estimate of drug-likeness (QED) is 0.523. The number of amides is 1. The van der Waals surface area contributed by atoms with Gasteiger partial charge in [-0.3, -0.25) is 4.79 Å². The fourth-order valence-corrected chi connectivity index (χ4v) is 1.87. The van der Waals surface area contributed by atoms with E-state index in [9.17, 15) is 18.0 Å². The summed E-state index contributed by atoms with van der Waals surface area (Å²) in [5.41, 5.74) is 0.303. The van der Waals surface area contributed by atoms with Crippen LogP contribution in [0.15, 0.2) is 48.5 Å². The van der Waals surface area contributed by atoms with E-state index >= 15 is 0 Å². The van der Waals surface area contributed by atoms with Crippen molar-refractivity contribution in [3.05, 3.63) is 65.2 Å². The smallest absolute Gasteiger partial charge is 0.267 e. The second-order valence-corrected chi connectivity index (χ2v) is 4.59. The van der Waals surface area contributed by atoms with E-state index in [0.717, 1.165) is 17.7 Å². The molecule has 6 heteroatoms. The van der Waals surface area contributed by atoms with Crippen LogP contribution < -0.4 is 10.9 Å². The molecule has 0 saturated carbocycles. The zero-order valence-electron chi connectivity index (χ0n) is 11.2. The Hall–Kier alpha value is -2.34. The number of benzene rings is 2. The summed E-state index contributed by atoms with van der Waals surface area (Å²) in [6.07, 6.45) is -4.48. The summed E-state index contributed by atoms with van der Waals surface area (Å²) >= 11 is 0. The van der Waals surface area contributed by atoms with Gasteiger partial charge < -0.3 is 0 Å². The van der Waals surface area contributed by atoms with E-state index in [1.54, 1.807) is 18.2 Å². The maximum absolute atomic E-state index is 12.7. The number of hydrogen-bond acceptors (Lipinski definition) is 2. The van der Waals surface area contributed by atoms with Crippen molar-refractivity contribution in [2.24, 2.45) is 5.84 Å². The minimum atomic E-state index is -4.48. The summed E-state index contributed by atoms with van der Waals surface area (Å²) < 4.78 is 38.0. The van der Waals surface area contributed by atoms with Crippen LogP contribution in [0.3, 0.4) is 0 Å². The molecule has 0 spiro atoms. The number of carbonyl (C=O) groups excluding carboxylic acids is 1. The van der Waals surface area contributed by atoms with E-state index in [4.69, 9.17) is 5.84 Å². The number of carbonyl (C=O) groups is 1. The van der Waals surface area contributed by atoms with E-state index in [1.807, 2.05) is 13.0 Å². The lowest BCUT2D eigenvalue weighted by Crippen LogP contribution is -2.37. The van der Waals surface area contributed by atoms with Crippen molar-refractivity contribution in [2.45, 2.75) is 13.1 Å². The Morgan fingerprint density at radius 2 is 1.76 bits per heavy atom. The van der Waals surface area contributed by atoms with Gasteiger partial charge in [-0.25, -0.2) is 10.9 Å². The molecule has 1 amide bonds. The Morgan fingerprint density at radius 3 is 2.38 bits per heavy atom. The first-order valence-electron chi connectivity index (χ1n) is 6.12. The van der Waals surface area contributed by atoms with Crippen molar-refractivity contribution in [1.82, 2.24) is 0 Å². The Labute approximate surface area is 119 Å². The van der Waals surface area contributed by atoms with Crippen molar-refractivity contribution < 1.29 is 18.0 Å². The van der Waals surface area contributed by atoms with Crippen LogP contribution in [-0.2, 0) is 6.18 Å². The van der Waals surface area contributed by atoms with Crippen molar-refractivity contribution in [3.8, 4) is 0 Å². The predicted octanol–water partition coefficient (Wildman–Crippen LogP) is 3.53. The molecule has 0 heterocycles. The molecule has 21 heavy (non-hydrogen) atoms. The first kappa shape index (κ1) is 15.1. The van der Waals surface area contributed by atoms with Gasteiger partial charge in [0, 0.05) is 5.56 Å². The molecule has 2 N–H and O–H groups in total. The Morgan fingerprint density at radius 1 is 1.10 bits per heavy atom. The van der Waals surface area contributed by atoms with Crippen LogP contribution in [0.2, 0.25) is 0 Å². The molecular formula is C15H13F3N2O. The van der Waals surface area contributed by atoms with Crippen molar-refractivity contribution in [2.75, 3.05) is 5.01 Å². The van der Waals surface area contributed by atoms with E-state index in [1.165, 1.54) is 12.1 Å². The second-order valence-electron chi connectivity index (χ2n) is 4.59. The first-order chi connectivity index (χ1) is 9.79. The van der Waals surface area contributed by atoms with E-state index in [-0.39, 0.29) is 5.69 Å². The van der Waals surface area contributed by atoms with Gasteiger partial charge in [-0.15, -0.1) is 0 Å². The van der Waals surface area contributed by atoms with Crippen LogP contribution in [0.4, 0.5) is 18.9 Å². The highest BCUT2D eigenvalue weighted by atomic mass is 19.4. The number of alkyl halides is 3. The van der Waals surface area contributed by atoms with Gasteiger partial charge in [0.2, 0.25) is 0 Å². The zero-order valence-corrected chi connectivity index (χ0v) is 11.2. The lowest BCUT2D eigenvalue weighted by atomic mass is 10.1. The van der Waals surface area contributed by atoms with E-state index in [2.05, 4.69) is 0 Å². The van der Waals surface area contributed by atoms with Gasteiger partial charge in [-0.05, 0) is 37.3 Å². The Kier molecular flexibility index (Phi) is 3.99. The number of hydrazine groups is 1. The Bertz CT molecular complexity index is 668. The molecule has 0 bridgehead atoms. The topological polar surface area (TPSA) is 46.3 Å². The third-order valence-electron chi connectivity index (χ3n) is 2.94. The molecule has 0 aromatic heterocycles. The van der Waals surface area contributed by atoms with Gasteiger partial charge in [-0.1, -0.05) is 23.8 Å². The molecule has 0 aliphatic rings. The third-order valence-corrected chi connectivity index (χ3v) is 2.94. The molecule has 0 atom stereocenters. The van der Waals surface area contributed by atoms with Crippen LogP contribution in [0.1, 0.15) is 21.5 Å². The van der Waals surface area contributed by atoms with E-state index in [0.29, 0.717) is 10.6 Å². The van der Waals surface area contributed by atoms with Crippen LogP contribution in [-0.4, -0.2) is 5.91 Å². The fourth-order valence-electron chi connectivity index (χ4n) is 1.87. The van der Waals surface area contributed by atoms with Crippen LogP contribution in [0.25, 0.3) is 0 Å². The Balaban J connectivity index is 2.32. The maximum atomic E-state index is 12.7. The van der Waals surface area contributed by atoms with Gasteiger partial charge >= 0.3 is 6.18 Å². The zero-order chi connectivity index (χ0) is 15.6. The summed E-state index contributed by atoms with van der Waals surface area (Å²) in [5, 5.41) is 0.712. The number of halogens is 3. The van der Waals surface area contributed by atoms with Crippen molar-refractivity contribution in [3.63, 3.8) is 0 Å². The highest BCUT2D eigenvalue weighted by Gasteiger charge is 2.31. The molecule has 110 valence electrons. The van der Waals surface area contributed by atoms with Crippen LogP contribution in [0.5, 0.6) is 0 Å². The number of anilines is 1.